The highest BCUT2D eigenvalue weighted by molar-refractivity contribution is 5.83. The fraction of sp³-hybridized carbons (Fsp3) is 0.650. The van der Waals surface area contributed by atoms with Crippen molar-refractivity contribution in [3.8, 4) is 0 Å². The quantitative estimate of drug-likeness (QED) is 0.870. The number of hydrogen-bond acceptors (Lipinski definition) is 3. The van der Waals surface area contributed by atoms with E-state index in [2.05, 4.69) is 15.6 Å². The molecule has 1 saturated heterocycles. The van der Waals surface area contributed by atoms with E-state index in [9.17, 15) is 9.59 Å². The maximum Gasteiger partial charge on any atom is 0.317 e. The summed E-state index contributed by atoms with van der Waals surface area (Å²) >= 11 is 0. The van der Waals surface area contributed by atoms with Gasteiger partial charge in [-0.25, -0.2) is 4.79 Å². The lowest BCUT2D eigenvalue weighted by atomic mass is 9.96. The molecule has 140 valence electrons. The minimum Gasteiger partial charge on any atom is -0.352 e. The number of carbonyl (C=O) groups is 2. The van der Waals surface area contributed by atoms with E-state index < -0.39 is 0 Å². The van der Waals surface area contributed by atoms with Crippen LogP contribution in [0.5, 0.6) is 0 Å². The summed E-state index contributed by atoms with van der Waals surface area (Å²) in [5.41, 5.74) is 1.08. The minimum atomic E-state index is 0.0201. The summed E-state index contributed by atoms with van der Waals surface area (Å²) in [6.45, 7) is 2.03. The first-order chi connectivity index (χ1) is 12.7. The van der Waals surface area contributed by atoms with E-state index in [-0.39, 0.29) is 23.3 Å². The molecule has 3 fully saturated rings. The summed E-state index contributed by atoms with van der Waals surface area (Å²) in [4.78, 5) is 30.9. The highest BCUT2D eigenvalue weighted by atomic mass is 16.2. The van der Waals surface area contributed by atoms with E-state index in [4.69, 9.17) is 0 Å². The van der Waals surface area contributed by atoms with Crippen molar-refractivity contribution in [3.63, 3.8) is 0 Å². The van der Waals surface area contributed by atoms with E-state index in [0.717, 1.165) is 44.3 Å². The van der Waals surface area contributed by atoms with Crippen LogP contribution in [0.25, 0.3) is 0 Å². The van der Waals surface area contributed by atoms with Crippen LogP contribution in [0.2, 0.25) is 0 Å². The van der Waals surface area contributed by atoms with Gasteiger partial charge in [0.2, 0.25) is 5.91 Å². The molecule has 6 heteroatoms. The minimum absolute atomic E-state index is 0.0201. The zero-order chi connectivity index (χ0) is 18.0. The Morgan fingerprint density at radius 1 is 1.19 bits per heavy atom. The second-order valence-electron chi connectivity index (χ2n) is 8.15. The molecule has 4 rings (SSSR count). The summed E-state index contributed by atoms with van der Waals surface area (Å²) in [5, 5.41) is 6.23. The number of hydrogen-bond donors (Lipinski definition) is 2. The lowest BCUT2D eigenvalue weighted by Gasteiger charge is -2.26. The van der Waals surface area contributed by atoms with Crippen molar-refractivity contribution in [3.05, 3.63) is 30.1 Å². The fourth-order valence-electron chi connectivity index (χ4n) is 4.56. The van der Waals surface area contributed by atoms with Crippen molar-refractivity contribution in [1.82, 2.24) is 20.5 Å². The number of urea groups is 1. The number of carbonyl (C=O) groups excluding carboxylic acids is 2. The molecule has 2 N–H and O–H groups in total. The summed E-state index contributed by atoms with van der Waals surface area (Å²) in [6.07, 6.45) is 11.2. The van der Waals surface area contributed by atoms with Crippen molar-refractivity contribution >= 4 is 11.9 Å². The Morgan fingerprint density at radius 2 is 1.96 bits per heavy atom. The number of aromatic nitrogens is 1. The second-order valence-corrected chi connectivity index (χ2v) is 8.15. The molecule has 1 spiro atoms. The van der Waals surface area contributed by atoms with E-state index >= 15 is 0 Å². The van der Waals surface area contributed by atoms with E-state index in [0.29, 0.717) is 12.6 Å². The predicted molar refractivity (Wildman–Crippen MR) is 98.2 cm³/mol. The van der Waals surface area contributed by atoms with Crippen LogP contribution in [0, 0.1) is 11.3 Å². The molecule has 2 saturated carbocycles. The van der Waals surface area contributed by atoms with Crippen LogP contribution in [-0.4, -0.2) is 41.0 Å². The first-order valence-electron chi connectivity index (χ1n) is 9.88. The average Bonchev–Trinajstić information content (AvgIpc) is 3.21. The van der Waals surface area contributed by atoms with Crippen molar-refractivity contribution in [2.24, 2.45) is 11.3 Å². The van der Waals surface area contributed by atoms with E-state index in [1.807, 2.05) is 17.0 Å². The SMILES string of the molecule is O=C(NCc1ccncc1)[C@H]1C[C@@]12CCN(C(=O)NC1CCCCC1)C2. The first kappa shape index (κ1) is 17.3. The van der Waals surface area contributed by atoms with Crippen LogP contribution < -0.4 is 10.6 Å². The molecule has 2 aliphatic carbocycles. The van der Waals surface area contributed by atoms with Crippen molar-refractivity contribution < 1.29 is 9.59 Å². The number of rotatable bonds is 4. The summed E-state index contributed by atoms with van der Waals surface area (Å²) < 4.78 is 0. The number of pyridine rings is 1. The van der Waals surface area contributed by atoms with Crippen molar-refractivity contribution in [1.29, 1.82) is 0 Å². The molecule has 0 unspecified atom stereocenters. The Balaban J connectivity index is 1.24. The van der Waals surface area contributed by atoms with E-state index in [1.54, 1.807) is 12.4 Å². The molecule has 3 aliphatic rings. The fourth-order valence-corrected chi connectivity index (χ4v) is 4.56. The zero-order valence-electron chi connectivity index (χ0n) is 15.2. The molecule has 6 nitrogen and oxygen atoms in total. The third-order valence-corrected chi connectivity index (χ3v) is 6.33. The monoisotopic (exact) mass is 356 g/mol. The molecule has 0 bridgehead atoms. The summed E-state index contributed by atoms with van der Waals surface area (Å²) in [7, 11) is 0. The second kappa shape index (κ2) is 7.25. The highest BCUT2D eigenvalue weighted by Gasteiger charge is 2.61. The predicted octanol–water partition coefficient (Wildman–Crippen LogP) is 2.45. The summed E-state index contributed by atoms with van der Waals surface area (Å²) in [6, 6.07) is 4.23. The topological polar surface area (TPSA) is 74.3 Å². The van der Waals surface area contributed by atoms with Gasteiger partial charge in [-0.1, -0.05) is 19.3 Å². The number of nitrogens with zero attached hydrogens (tertiary/aromatic N) is 2. The van der Waals surface area contributed by atoms with Gasteiger partial charge < -0.3 is 15.5 Å². The number of likely N-dealkylation sites (tertiary alicyclic amines) is 1. The lowest BCUT2D eigenvalue weighted by Crippen LogP contribution is -2.44. The zero-order valence-corrected chi connectivity index (χ0v) is 15.2. The van der Waals surface area contributed by atoms with Crippen LogP contribution in [0.3, 0.4) is 0 Å². The van der Waals surface area contributed by atoms with Gasteiger partial charge >= 0.3 is 6.03 Å². The van der Waals surface area contributed by atoms with Crippen LogP contribution in [0.15, 0.2) is 24.5 Å². The first-order valence-corrected chi connectivity index (χ1v) is 9.88. The van der Waals surface area contributed by atoms with Gasteiger partial charge in [-0.05, 0) is 43.4 Å². The van der Waals surface area contributed by atoms with Crippen molar-refractivity contribution in [2.45, 2.75) is 57.5 Å². The van der Waals surface area contributed by atoms with Crippen LogP contribution in [0.1, 0.15) is 50.5 Å². The Kier molecular flexibility index (Phi) is 4.83. The third kappa shape index (κ3) is 3.69. The van der Waals surface area contributed by atoms with Crippen molar-refractivity contribution in [2.75, 3.05) is 13.1 Å². The Labute approximate surface area is 154 Å². The molecule has 2 heterocycles. The normalized spacial score (nSPS) is 28.2. The van der Waals surface area contributed by atoms with Gasteiger partial charge in [-0.15, -0.1) is 0 Å². The van der Waals surface area contributed by atoms with Crippen LogP contribution in [0.4, 0.5) is 4.79 Å². The maximum absolute atomic E-state index is 12.5. The molecule has 3 amide bonds. The molecule has 1 aromatic rings. The van der Waals surface area contributed by atoms with Gasteiger partial charge in [-0.2, -0.15) is 0 Å². The molecule has 0 radical (unpaired) electrons. The number of nitrogens with one attached hydrogen (secondary N) is 2. The largest absolute Gasteiger partial charge is 0.352 e. The molecule has 26 heavy (non-hydrogen) atoms. The molecular formula is C20H28N4O2. The van der Waals surface area contributed by atoms with Crippen LogP contribution in [-0.2, 0) is 11.3 Å². The Hall–Kier alpha value is -2.11. The standard InChI is InChI=1S/C20H28N4O2/c25-18(22-13-15-6-9-21-10-7-15)17-12-20(17)8-11-24(14-20)19(26)23-16-4-2-1-3-5-16/h6-7,9-10,16-17H,1-5,8,11-14H2,(H,22,25)(H,23,26)/t17-,20-/m1/s1. The molecule has 2 atom stereocenters. The van der Waals surface area contributed by atoms with Gasteiger partial charge in [0.05, 0.1) is 0 Å². The van der Waals surface area contributed by atoms with Gasteiger partial charge in [-0.3, -0.25) is 9.78 Å². The van der Waals surface area contributed by atoms with Gasteiger partial charge in [0, 0.05) is 49.4 Å². The van der Waals surface area contributed by atoms with E-state index in [1.165, 1.54) is 19.3 Å². The molecule has 1 aromatic heterocycles. The van der Waals surface area contributed by atoms with Gasteiger partial charge in [0.15, 0.2) is 0 Å². The third-order valence-electron chi connectivity index (χ3n) is 6.33. The lowest BCUT2D eigenvalue weighted by molar-refractivity contribution is -0.123. The Morgan fingerprint density at radius 3 is 2.73 bits per heavy atom. The molecule has 0 aromatic carbocycles. The van der Waals surface area contributed by atoms with Gasteiger partial charge in [0.1, 0.15) is 0 Å². The van der Waals surface area contributed by atoms with Gasteiger partial charge in [0.25, 0.3) is 0 Å². The highest BCUT2D eigenvalue weighted by Crippen LogP contribution is 2.58. The molecule has 1 aliphatic heterocycles. The van der Waals surface area contributed by atoms with Crippen LogP contribution >= 0.6 is 0 Å². The summed E-state index contributed by atoms with van der Waals surface area (Å²) in [5.74, 6) is 0.174. The Bertz CT molecular complexity index is 659. The maximum atomic E-state index is 12.5. The molecular weight excluding hydrogens is 328 g/mol. The smallest absolute Gasteiger partial charge is 0.317 e. The number of amides is 3. The average molecular weight is 356 g/mol.